The zero-order valence-corrected chi connectivity index (χ0v) is 9.28. The molecular formula is C10H9BrN2O. The van der Waals surface area contributed by atoms with Gasteiger partial charge in [-0.25, -0.2) is 4.98 Å². The van der Waals surface area contributed by atoms with Crippen molar-refractivity contribution in [1.29, 1.82) is 0 Å². The van der Waals surface area contributed by atoms with Crippen LogP contribution in [0.15, 0.2) is 22.8 Å². The molecule has 14 heavy (non-hydrogen) atoms. The number of halogens is 1. The highest BCUT2D eigenvalue weighted by Gasteiger charge is 2.10. The molecule has 0 aliphatic heterocycles. The molecule has 2 rings (SSSR count). The summed E-state index contributed by atoms with van der Waals surface area (Å²) in [7, 11) is 0. The summed E-state index contributed by atoms with van der Waals surface area (Å²) in [5.74, 6) is 0. The van der Waals surface area contributed by atoms with E-state index in [1.807, 2.05) is 25.3 Å². The molecule has 0 aliphatic rings. The van der Waals surface area contributed by atoms with Crippen molar-refractivity contribution >= 4 is 27.9 Å². The number of pyridine rings is 1. The van der Waals surface area contributed by atoms with Crippen LogP contribution in [0, 0.1) is 0 Å². The summed E-state index contributed by atoms with van der Waals surface area (Å²) in [5.41, 5.74) is 2.28. The first kappa shape index (κ1) is 9.40. The second-order valence-electron chi connectivity index (χ2n) is 2.96. The average Bonchev–Trinajstić information content (AvgIpc) is 2.57. The fourth-order valence-corrected chi connectivity index (χ4v) is 1.92. The molecule has 3 nitrogen and oxygen atoms in total. The molecule has 2 aromatic heterocycles. The third kappa shape index (κ3) is 1.26. The Hall–Kier alpha value is -1.16. The summed E-state index contributed by atoms with van der Waals surface area (Å²) >= 11 is 3.40. The van der Waals surface area contributed by atoms with E-state index >= 15 is 0 Å². The highest BCUT2D eigenvalue weighted by atomic mass is 79.9. The number of hydrogen-bond donors (Lipinski definition) is 0. The first-order valence-electron chi connectivity index (χ1n) is 4.38. The number of aldehydes is 1. The van der Waals surface area contributed by atoms with Gasteiger partial charge in [0, 0.05) is 6.20 Å². The van der Waals surface area contributed by atoms with Crippen molar-refractivity contribution in [2.24, 2.45) is 0 Å². The van der Waals surface area contributed by atoms with Gasteiger partial charge in [0.1, 0.15) is 5.69 Å². The third-order valence-electron chi connectivity index (χ3n) is 2.16. The van der Waals surface area contributed by atoms with Crippen molar-refractivity contribution in [1.82, 2.24) is 9.38 Å². The summed E-state index contributed by atoms with van der Waals surface area (Å²) in [5, 5.41) is 0. The largest absolute Gasteiger partial charge is 0.296 e. The quantitative estimate of drug-likeness (QED) is 0.770. The van der Waals surface area contributed by atoms with E-state index < -0.39 is 0 Å². The lowest BCUT2D eigenvalue weighted by molar-refractivity contribution is 0.111. The Balaban J connectivity index is 2.86. The Kier molecular flexibility index (Phi) is 2.37. The van der Waals surface area contributed by atoms with Gasteiger partial charge >= 0.3 is 0 Å². The van der Waals surface area contributed by atoms with Gasteiger partial charge in [-0.1, -0.05) is 6.92 Å². The summed E-state index contributed by atoms with van der Waals surface area (Å²) in [6, 6.07) is 3.79. The van der Waals surface area contributed by atoms with Crippen LogP contribution in [0.5, 0.6) is 0 Å². The van der Waals surface area contributed by atoms with Crippen molar-refractivity contribution in [2.75, 3.05) is 0 Å². The minimum Gasteiger partial charge on any atom is -0.296 e. The molecule has 0 aliphatic carbocycles. The smallest absolute Gasteiger partial charge is 0.168 e. The van der Waals surface area contributed by atoms with Crippen LogP contribution in [0.1, 0.15) is 23.1 Å². The minimum atomic E-state index is 0.642. The first-order chi connectivity index (χ1) is 6.77. The second-order valence-corrected chi connectivity index (χ2v) is 3.82. The maximum absolute atomic E-state index is 10.9. The molecule has 0 aromatic carbocycles. The van der Waals surface area contributed by atoms with Gasteiger partial charge in [-0.3, -0.25) is 9.20 Å². The first-order valence-corrected chi connectivity index (χ1v) is 5.17. The van der Waals surface area contributed by atoms with E-state index in [2.05, 4.69) is 20.9 Å². The number of carbonyl (C=O) groups excluding carboxylic acids is 1. The highest BCUT2D eigenvalue weighted by Crippen LogP contribution is 2.19. The van der Waals surface area contributed by atoms with Crippen molar-refractivity contribution in [3.8, 4) is 0 Å². The molecule has 2 heterocycles. The van der Waals surface area contributed by atoms with E-state index in [0.29, 0.717) is 5.69 Å². The molecule has 0 fully saturated rings. The summed E-state index contributed by atoms with van der Waals surface area (Å²) in [4.78, 5) is 15.3. The third-order valence-corrected chi connectivity index (χ3v) is 2.78. The maximum atomic E-state index is 10.9. The maximum Gasteiger partial charge on any atom is 0.168 e. The molecule has 4 heteroatoms. The van der Waals surface area contributed by atoms with Crippen LogP contribution in [0.3, 0.4) is 0 Å². The van der Waals surface area contributed by atoms with E-state index in [1.165, 1.54) is 0 Å². The lowest BCUT2D eigenvalue weighted by Crippen LogP contribution is -1.93. The predicted molar refractivity (Wildman–Crippen MR) is 57.7 cm³/mol. The van der Waals surface area contributed by atoms with Gasteiger partial charge in [0.25, 0.3) is 0 Å². The molecule has 0 bridgehead atoms. The number of aryl methyl sites for hydroxylation is 1. The van der Waals surface area contributed by atoms with Gasteiger partial charge in [0.05, 0.1) is 10.2 Å². The fraction of sp³-hybridized carbons (Fsp3) is 0.200. The number of carbonyl (C=O) groups is 1. The molecule has 2 aromatic rings. The molecule has 72 valence electrons. The van der Waals surface area contributed by atoms with Gasteiger partial charge in [-0.05, 0) is 34.5 Å². The van der Waals surface area contributed by atoms with E-state index in [0.717, 1.165) is 28.5 Å². The summed E-state index contributed by atoms with van der Waals surface area (Å²) in [6.07, 6.45) is 3.46. The number of aromatic nitrogens is 2. The van der Waals surface area contributed by atoms with Crippen LogP contribution in [0.25, 0.3) is 5.65 Å². The Bertz CT molecular complexity index is 490. The monoisotopic (exact) mass is 252 g/mol. The topological polar surface area (TPSA) is 34.4 Å². The van der Waals surface area contributed by atoms with E-state index in [-0.39, 0.29) is 0 Å². The van der Waals surface area contributed by atoms with Gasteiger partial charge in [-0.2, -0.15) is 0 Å². The van der Waals surface area contributed by atoms with Crippen molar-refractivity contribution in [3.05, 3.63) is 34.2 Å². The van der Waals surface area contributed by atoms with Crippen LogP contribution >= 0.6 is 15.9 Å². The fourth-order valence-electron chi connectivity index (χ4n) is 1.48. The van der Waals surface area contributed by atoms with Gasteiger partial charge in [0.15, 0.2) is 11.9 Å². The number of rotatable bonds is 2. The highest BCUT2D eigenvalue weighted by molar-refractivity contribution is 9.10. The second kappa shape index (κ2) is 3.53. The zero-order chi connectivity index (χ0) is 10.1. The van der Waals surface area contributed by atoms with E-state index in [4.69, 9.17) is 0 Å². The van der Waals surface area contributed by atoms with Gasteiger partial charge in [0.2, 0.25) is 0 Å². The molecular weight excluding hydrogens is 244 g/mol. The van der Waals surface area contributed by atoms with Crippen molar-refractivity contribution in [3.63, 3.8) is 0 Å². The summed E-state index contributed by atoms with van der Waals surface area (Å²) in [6.45, 7) is 1.99. The van der Waals surface area contributed by atoms with E-state index in [1.54, 1.807) is 4.40 Å². The Morgan fingerprint density at radius 1 is 1.64 bits per heavy atom. The molecule has 0 unspecified atom stereocenters. The standard InChI is InChI=1S/C10H9BrN2O/c1-2-8-9(6-14)13-5-3-4-7(11)10(13)12-8/h3-6H,2H2,1H3. The SMILES string of the molecule is CCc1nc2c(Br)cccn2c1C=O. The lowest BCUT2D eigenvalue weighted by Gasteiger charge is -1.95. The number of fused-ring (bicyclic) bond motifs is 1. The molecule has 0 saturated carbocycles. The van der Waals surface area contributed by atoms with Crippen LogP contribution in [0.2, 0.25) is 0 Å². The molecule has 0 saturated heterocycles. The number of hydrogen-bond acceptors (Lipinski definition) is 2. The normalized spacial score (nSPS) is 10.7. The number of nitrogens with zero attached hydrogens (tertiary/aromatic N) is 2. The molecule has 0 atom stereocenters. The van der Waals surface area contributed by atoms with Crippen molar-refractivity contribution in [2.45, 2.75) is 13.3 Å². The molecule has 0 N–H and O–H groups in total. The van der Waals surface area contributed by atoms with Crippen LogP contribution in [-0.2, 0) is 6.42 Å². The summed E-state index contributed by atoms with van der Waals surface area (Å²) < 4.78 is 2.71. The molecule has 0 radical (unpaired) electrons. The van der Waals surface area contributed by atoms with Gasteiger partial charge < -0.3 is 0 Å². The lowest BCUT2D eigenvalue weighted by atomic mass is 10.3. The average molecular weight is 253 g/mol. The molecule has 0 amide bonds. The van der Waals surface area contributed by atoms with Crippen LogP contribution < -0.4 is 0 Å². The Labute approximate surface area is 89.9 Å². The van der Waals surface area contributed by atoms with Crippen molar-refractivity contribution < 1.29 is 4.79 Å². The minimum absolute atomic E-state index is 0.642. The van der Waals surface area contributed by atoms with Crippen LogP contribution in [-0.4, -0.2) is 15.7 Å². The van der Waals surface area contributed by atoms with E-state index in [9.17, 15) is 4.79 Å². The molecule has 0 spiro atoms. The number of imidazole rings is 1. The van der Waals surface area contributed by atoms with Crippen LogP contribution in [0.4, 0.5) is 0 Å². The Morgan fingerprint density at radius 2 is 2.43 bits per heavy atom. The van der Waals surface area contributed by atoms with Gasteiger partial charge in [-0.15, -0.1) is 0 Å². The predicted octanol–water partition coefficient (Wildman–Crippen LogP) is 2.47. The Morgan fingerprint density at radius 3 is 3.07 bits per heavy atom. The zero-order valence-electron chi connectivity index (χ0n) is 7.70.